The van der Waals surface area contributed by atoms with Gasteiger partial charge in [-0.15, -0.1) is 0 Å². The van der Waals surface area contributed by atoms with E-state index in [9.17, 15) is 9.59 Å². The van der Waals surface area contributed by atoms with E-state index in [2.05, 4.69) is 50.5 Å². The highest BCUT2D eigenvalue weighted by molar-refractivity contribution is 8.77. The molecule has 31 heteroatoms. The molecule has 2 aromatic carbocycles. The Kier molecular flexibility index (Phi) is 18.9. The van der Waals surface area contributed by atoms with E-state index in [-0.39, 0.29) is 74.2 Å². The molecule has 9 heterocycles. The number of imidazole rings is 2. The van der Waals surface area contributed by atoms with Gasteiger partial charge >= 0.3 is 15.4 Å². The maximum absolute atomic E-state index is 15.8. The van der Waals surface area contributed by atoms with E-state index in [0.717, 1.165) is 10.1 Å². The number of ether oxygens (including phenoxy) is 4. The highest BCUT2D eigenvalue weighted by Gasteiger charge is 2.53. The number of aromatic nitrogens is 10. The van der Waals surface area contributed by atoms with Crippen LogP contribution in [-0.2, 0) is 50.8 Å². The van der Waals surface area contributed by atoms with Crippen molar-refractivity contribution in [3.8, 4) is 11.5 Å². The number of amides is 2. The highest BCUT2D eigenvalue weighted by Crippen LogP contribution is 2.62. The van der Waals surface area contributed by atoms with Crippen molar-refractivity contribution in [1.82, 2.24) is 49.0 Å². The van der Waals surface area contributed by atoms with E-state index in [1.807, 2.05) is 48.5 Å². The minimum absolute atomic E-state index is 0.00612. The number of pyridine rings is 2. The van der Waals surface area contributed by atoms with Gasteiger partial charge in [0.05, 0.1) is 50.8 Å². The van der Waals surface area contributed by atoms with Crippen LogP contribution in [0.25, 0.3) is 22.3 Å². The number of anilines is 2. The van der Waals surface area contributed by atoms with Crippen LogP contribution in [0.15, 0.2) is 145 Å². The van der Waals surface area contributed by atoms with Gasteiger partial charge in [0, 0.05) is 36.7 Å². The van der Waals surface area contributed by atoms with Crippen molar-refractivity contribution < 1.29 is 60.3 Å². The van der Waals surface area contributed by atoms with Crippen LogP contribution >= 0.6 is 58.6 Å². The zero-order valence-electron chi connectivity index (χ0n) is 42.5. The molecule has 0 radical (unpaired) electrons. The molecule has 6 unspecified atom stereocenters. The maximum Gasteiger partial charge on any atom is 0.475 e. The molecule has 0 saturated carbocycles. The second-order valence-corrected chi connectivity index (χ2v) is 26.5. The lowest BCUT2D eigenvalue weighted by atomic mass is 10.2. The van der Waals surface area contributed by atoms with Crippen LogP contribution in [0.3, 0.4) is 0 Å². The van der Waals surface area contributed by atoms with Crippen LogP contribution < -0.4 is 20.1 Å². The Bertz CT molecular complexity index is 3500. The fraction of sp³-hybridized carbons (Fsp3) is 0.320. The average Bonchev–Trinajstić information content (AvgIpc) is 4.46. The summed E-state index contributed by atoms with van der Waals surface area (Å²) < 4.78 is 90.5. The zero-order valence-corrected chi connectivity index (χ0v) is 47.6. The number of carbonyl (C=O) groups is 2. The van der Waals surface area contributed by atoms with Crippen LogP contribution in [0.5, 0.6) is 11.5 Å². The number of hydrogen-bond acceptors (Lipinski definition) is 25. The molecule has 3 fully saturated rings. The van der Waals surface area contributed by atoms with Gasteiger partial charge < -0.3 is 38.6 Å². The molecule has 6 aromatic heterocycles. The van der Waals surface area contributed by atoms with Gasteiger partial charge in [-0.25, -0.2) is 44.4 Å². The number of fused-ring (bicyclic) bond motifs is 4. The first-order valence-corrected chi connectivity index (χ1v) is 32.8. The Morgan fingerprint density at radius 1 is 0.580 bits per heavy atom. The van der Waals surface area contributed by atoms with Gasteiger partial charge in [-0.1, -0.05) is 70.1 Å². The number of nitrogens with zero attached hydrogens (tertiary/aromatic N) is 10. The maximum atomic E-state index is 15.8. The number of carbonyl (C=O) groups excluding carboxylic acids is 2. The van der Waals surface area contributed by atoms with E-state index in [0.29, 0.717) is 28.7 Å². The van der Waals surface area contributed by atoms with Gasteiger partial charge in [-0.2, -0.15) is 0 Å². The van der Waals surface area contributed by atoms with Crippen molar-refractivity contribution in [2.75, 3.05) is 61.8 Å². The molecule has 2 N–H and O–H groups in total. The molecular weight excluding hydrogens is 1170 g/mol. The zero-order chi connectivity index (χ0) is 55.4. The van der Waals surface area contributed by atoms with Crippen LogP contribution in [0.2, 0.25) is 0 Å². The van der Waals surface area contributed by atoms with Crippen LogP contribution in [0.1, 0.15) is 25.3 Å². The summed E-state index contributed by atoms with van der Waals surface area (Å²) in [6.45, 7) is -1.49. The number of phosphoric ester groups is 1. The van der Waals surface area contributed by atoms with Crippen molar-refractivity contribution in [2.24, 2.45) is 0 Å². The Labute approximate surface area is 478 Å². The lowest BCUT2D eigenvalue weighted by Gasteiger charge is -2.27. The van der Waals surface area contributed by atoms with E-state index in [1.165, 1.54) is 68.5 Å². The van der Waals surface area contributed by atoms with Gasteiger partial charge in [0.15, 0.2) is 47.2 Å². The number of rotatable bonds is 22. The third kappa shape index (κ3) is 14.4. The van der Waals surface area contributed by atoms with Crippen LogP contribution in [0.4, 0.5) is 11.6 Å². The summed E-state index contributed by atoms with van der Waals surface area (Å²) in [7, 11) is -3.09. The summed E-state index contributed by atoms with van der Waals surface area (Å²) >= 11 is 0. The largest absolute Gasteiger partial charge is 0.484 e. The Morgan fingerprint density at radius 2 is 1.10 bits per heavy atom. The summed E-state index contributed by atoms with van der Waals surface area (Å²) in [5.41, 5.74) is 0.0343. The highest BCUT2D eigenvalue weighted by atomic mass is 33.1. The Hall–Kier alpha value is -6.04. The van der Waals surface area contributed by atoms with Crippen molar-refractivity contribution in [2.45, 2.75) is 59.3 Å². The first-order valence-electron chi connectivity index (χ1n) is 25.1. The van der Waals surface area contributed by atoms with Gasteiger partial charge in [0.2, 0.25) is 0 Å². The average molecular weight is 1220 g/mol. The third-order valence-corrected chi connectivity index (χ3v) is 20.7. The van der Waals surface area contributed by atoms with Crippen molar-refractivity contribution in [1.29, 1.82) is 0 Å². The molecule has 0 aliphatic carbocycles. The molecule has 25 nitrogen and oxygen atoms in total. The molecule has 422 valence electrons. The molecule has 3 aliphatic heterocycles. The molecular formula is C50H50N12O13P2S4. The van der Waals surface area contributed by atoms with E-state index < -0.39 is 70.3 Å². The number of hydrogen-bond donors (Lipinski definition) is 2. The molecule has 8 atom stereocenters. The van der Waals surface area contributed by atoms with Crippen LogP contribution in [0, 0.1) is 0 Å². The molecule has 8 aromatic rings. The van der Waals surface area contributed by atoms with Gasteiger partial charge in [-0.3, -0.25) is 36.9 Å². The summed E-state index contributed by atoms with van der Waals surface area (Å²) in [5.74, 6) is 1.07. The Morgan fingerprint density at radius 3 is 1.65 bits per heavy atom. The first-order chi connectivity index (χ1) is 39.6. The van der Waals surface area contributed by atoms with Crippen LogP contribution in [-0.4, -0.2) is 136 Å². The number of para-hydroxylation sites is 2. The van der Waals surface area contributed by atoms with Gasteiger partial charge in [0.25, 0.3) is 11.8 Å². The minimum Gasteiger partial charge on any atom is -0.484 e. The minimum atomic E-state index is -4.55. The molecule has 0 spiro atoms. The number of benzene rings is 2. The van der Waals surface area contributed by atoms with Crippen molar-refractivity contribution >= 4 is 104 Å². The molecule has 11 rings (SSSR count). The van der Waals surface area contributed by atoms with Crippen molar-refractivity contribution in [3.05, 3.63) is 135 Å². The predicted octanol–water partition coefficient (Wildman–Crippen LogP) is 9.08. The lowest BCUT2D eigenvalue weighted by Crippen LogP contribution is -2.30. The lowest BCUT2D eigenvalue weighted by molar-refractivity contribution is -0.118. The summed E-state index contributed by atoms with van der Waals surface area (Å²) in [6, 6.07) is 29.0. The second-order valence-electron chi connectivity index (χ2n) is 17.7. The topological polar surface area (TPSA) is 288 Å². The number of nitrogens with one attached hydrogen (secondary N) is 2. The SMILES string of the molecule is O=C(COc1ccccc1)Nc1ncnc2c1ncn2C1CC2[C@@H](COP(=O)(OCCSSc3ccccn3)OC3C[C@H](n4cnc5c(NC(=O)COc6ccccc6)ncnc54)OC3COP2(=O)OCCSSc2ccccn2)O1. The summed E-state index contributed by atoms with van der Waals surface area (Å²) in [5, 5.41) is 7.06. The Balaban J connectivity index is 0.854. The van der Waals surface area contributed by atoms with E-state index >= 15 is 9.13 Å². The quantitative estimate of drug-likeness (QED) is 0.0363. The summed E-state index contributed by atoms with van der Waals surface area (Å²) in [4.78, 5) is 61.5. The van der Waals surface area contributed by atoms with E-state index in [4.69, 9.17) is 41.6 Å². The molecule has 81 heavy (non-hydrogen) atoms. The fourth-order valence-corrected chi connectivity index (χ4v) is 15.9. The first kappa shape index (κ1) is 56.8. The third-order valence-electron chi connectivity index (χ3n) is 12.4. The molecule has 3 aliphatic rings. The standard InChI is InChI=1S/C50H50N12O13P2S4/c63-39(27-67-33-11-3-1-4-12-33)59-47-45-49(55-29-53-47)61(31-57-45)43-23-35-36(73-43)25-71-76(65,69-19-21-78-80-41-15-7-9-17-51-41)38-24-44(74-37(38)26-72-77(66,75-35)70-20-22-79-81-42-16-8-10-18-52-42)62-32-58-46-48(54-30-56-50(46)62)60-40(64)28-68-34-13-5-2-6-14-34/h1-18,29-32,35-38,43-44H,19-28H2,(H,53,55,59,63)(H,54,56,60,64)/t35?,36?,37-,38?,43-,44?,76?,77?/m1/s1. The second kappa shape index (κ2) is 26.9. The number of phosphoric acid groups is 1. The normalized spacial score (nSPS) is 23.8. The summed E-state index contributed by atoms with van der Waals surface area (Å²) in [6.07, 6.45) is 3.92. The smallest absolute Gasteiger partial charge is 0.475 e. The van der Waals surface area contributed by atoms with Gasteiger partial charge in [-0.05, 0) is 70.1 Å². The van der Waals surface area contributed by atoms with E-state index in [1.54, 1.807) is 70.1 Å². The van der Waals surface area contributed by atoms with Gasteiger partial charge in [0.1, 0.15) is 58.9 Å². The molecule has 0 bridgehead atoms. The fourth-order valence-electron chi connectivity index (χ4n) is 8.69. The predicted molar refractivity (Wildman–Crippen MR) is 302 cm³/mol. The van der Waals surface area contributed by atoms with Crippen molar-refractivity contribution in [3.63, 3.8) is 0 Å². The molecule has 3 saturated heterocycles. The molecule has 2 amide bonds. The monoisotopic (exact) mass is 1220 g/mol.